The zero-order chi connectivity index (χ0) is 12.7. The highest BCUT2D eigenvalue weighted by Crippen LogP contribution is 2.18. The first kappa shape index (κ1) is 14.3. The highest BCUT2D eigenvalue weighted by molar-refractivity contribution is 7.99. The third-order valence-corrected chi connectivity index (χ3v) is 3.78. The molecule has 1 aliphatic rings. The van der Waals surface area contributed by atoms with Gasteiger partial charge < -0.3 is 16.2 Å². The normalized spacial score (nSPS) is 24.3. The summed E-state index contributed by atoms with van der Waals surface area (Å²) in [6.07, 6.45) is 3.65. The molecular formula is C11H20N2O3S. The van der Waals surface area contributed by atoms with Gasteiger partial charge in [-0.3, -0.25) is 9.59 Å². The SMILES string of the molecule is NC(=O)CSCCC(=O)N[C@H]1CCCC[C@@H]1O. The molecule has 1 fully saturated rings. The molecule has 2 atom stereocenters. The molecule has 1 aliphatic carbocycles. The van der Waals surface area contributed by atoms with E-state index in [0.717, 1.165) is 25.7 Å². The summed E-state index contributed by atoms with van der Waals surface area (Å²) >= 11 is 1.35. The Bertz CT molecular complexity index is 273. The van der Waals surface area contributed by atoms with Gasteiger partial charge in [-0.25, -0.2) is 0 Å². The quantitative estimate of drug-likeness (QED) is 0.587. The maximum atomic E-state index is 11.5. The lowest BCUT2D eigenvalue weighted by molar-refractivity contribution is -0.122. The number of amides is 2. The predicted molar refractivity (Wildman–Crippen MR) is 67.5 cm³/mol. The van der Waals surface area contributed by atoms with Crippen LogP contribution >= 0.6 is 11.8 Å². The van der Waals surface area contributed by atoms with E-state index in [1.165, 1.54) is 11.8 Å². The van der Waals surface area contributed by atoms with Gasteiger partial charge in [-0.15, -0.1) is 0 Å². The zero-order valence-electron chi connectivity index (χ0n) is 9.85. The minimum atomic E-state index is -0.411. The van der Waals surface area contributed by atoms with Gasteiger partial charge in [0.1, 0.15) is 0 Å². The predicted octanol–water partition coefficient (Wildman–Crippen LogP) is 0.0147. The van der Waals surface area contributed by atoms with Gasteiger partial charge in [0.05, 0.1) is 17.9 Å². The van der Waals surface area contributed by atoms with Crippen LogP contribution in [0.1, 0.15) is 32.1 Å². The molecule has 1 saturated carbocycles. The van der Waals surface area contributed by atoms with Crippen LogP contribution in [0.4, 0.5) is 0 Å². The molecule has 4 N–H and O–H groups in total. The molecule has 0 radical (unpaired) electrons. The van der Waals surface area contributed by atoms with Crippen molar-refractivity contribution in [3.05, 3.63) is 0 Å². The molecule has 0 saturated heterocycles. The Labute approximate surface area is 106 Å². The highest BCUT2D eigenvalue weighted by atomic mass is 32.2. The first-order valence-electron chi connectivity index (χ1n) is 5.93. The third kappa shape index (κ3) is 5.93. The number of hydrogen-bond donors (Lipinski definition) is 3. The van der Waals surface area contributed by atoms with Crippen molar-refractivity contribution in [2.24, 2.45) is 5.73 Å². The number of nitrogens with two attached hydrogens (primary N) is 1. The standard InChI is InChI=1S/C11H20N2O3S/c12-10(15)7-17-6-5-11(16)13-8-3-1-2-4-9(8)14/h8-9,14H,1-7H2,(H2,12,15)(H,13,16)/t8-,9-/m0/s1. The second-order valence-electron chi connectivity index (χ2n) is 4.29. The Kier molecular flexibility index (Phi) is 6.36. The Morgan fingerprint density at radius 2 is 2.06 bits per heavy atom. The third-order valence-electron chi connectivity index (χ3n) is 2.79. The average molecular weight is 260 g/mol. The first-order valence-corrected chi connectivity index (χ1v) is 7.08. The Morgan fingerprint density at radius 1 is 1.35 bits per heavy atom. The molecule has 2 amide bonds. The van der Waals surface area contributed by atoms with Crippen molar-refractivity contribution in [1.29, 1.82) is 0 Å². The number of primary amides is 1. The molecule has 5 nitrogen and oxygen atoms in total. The molecule has 0 aromatic rings. The fraction of sp³-hybridized carbons (Fsp3) is 0.818. The summed E-state index contributed by atoms with van der Waals surface area (Å²) in [6, 6.07) is -0.0996. The minimum Gasteiger partial charge on any atom is -0.391 e. The van der Waals surface area contributed by atoms with E-state index in [-0.39, 0.29) is 23.6 Å². The lowest BCUT2D eigenvalue weighted by Crippen LogP contribution is -2.45. The van der Waals surface area contributed by atoms with Gasteiger partial charge in [0, 0.05) is 12.2 Å². The molecule has 0 spiro atoms. The van der Waals surface area contributed by atoms with E-state index < -0.39 is 6.10 Å². The molecule has 6 heteroatoms. The van der Waals surface area contributed by atoms with Gasteiger partial charge in [0.2, 0.25) is 11.8 Å². The lowest BCUT2D eigenvalue weighted by Gasteiger charge is -2.28. The van der Waals surface area contributed by atoms with E-state index in [1.54, 1.807) is 0 Å². The van der Waals surface area contributed by atoms with Crippen LogP contribution in [0.25, 0.3) is 0 Å². The summed E-state index contributed by atoms with van der Waals surface area (Å²) in [5.74, 6) is 0.405. The van der Waals surface area contributed by atoms with E-state index in [4.69, 9.17) is 5.73 Å². The van der Waals surface area contributed by atoms with Crippen LogP contribution in [0.15, 0.2) is 0 Å². The smallest absolute Gasteiger partial charge is 0.227 e. The van der Waals surface area contributed by atoms with Crippen LogP contribution in [-0.2, 0) is 9.59 Å². The summed E-state index contributed by atoms with van der Waals surface area (Å²) in [7, 11) is 0. The molecule has 0 unspecified atom stereocenters. The zero-order valence-corrected chi connectivity index (χ0v) is 10.7. The van der Waals surface area contributed by atoms with Gasteiger partial charge in [0.15, 0.2) is 0 Å². The number of rotatable bonds is 6. The summed E-state index contributed by atoms with van der Waals surface area (Å²) in [6.45, 7) is 0. The van der Waals surface area contributed by atoms with Gasteiger partial charge in [-0.1, -0.05) is 12.8 Å². The van der Waals surface area contributed by atoms with Crippen LogP contribution < -0.4 is 11.1 Å². The Balaban J connectivity index is 2.13. The minimum absolute atomic E-state index is 0.0621. The van der Waals surface area contributed by atoms with Gasteiger partial charge in [-0.05, 0) is 12.8 Å². The molecule has 0 heterocycles. The van der Waals surface area contributed by atoms with E-state index in [9.17, 15) is 14.7 Å². The van der Waals surface area contributed by atoms with Crippen molar-refractivity contribution in [3.63, 3.8) is 0 Å². The summed E-state index contributed by atoms with van der Waals surface area (Å²) in [5, 5.41) is 12.5. The van der Waals surface area contributed by atoms with Crippen molar-refractivity contribution in [2.75, 3.05) is 11.5 Å². The van der Waals surface area contributed by atoms with Crippen LogP contribution in [0, 0.1) is 0 Å². The maximum Gasteiger partial charge on any atom is 0.227 e. The van der Waals surface area contributed by atoms with Crippen molar-refractivity contribution < 1.29 is 14.7 Å². The van der Waals surface area contributed by atoms with Crippen LogP contribution in [0.3, 0.4) is 0 Å². The number of nitrogens with one attached hydrogen (secondary N) is 1. The number of thioether (sulfide) groups is 1. The lowest BCUT2D eigenvalue weighted by atomic mass is 9.92. The fourth-order valence-corrected chi connectivity index (χ4v) is 2.57. The molecular weight excluding hydrogens is 240 g/mol. The molecule has 0 bridgehead atoms. The molecule has 0 aromatic heterocycles. The summed E-state index contributed by atoms with van der Waals surface area (Å²) in [5.41, 5.74) is 4.98. The summed E-state index contributed by atoms with van der Waals surface area (Å²) in [4.78, 5) is 22.0. The molecule has 0 aromatic carbocycles. The van der Waals surface area contributed by atoms with Crippen molar-refractivity contribution in [1.82, 2.24) is 5.32 Å². The van der Waals surface area contributed by atoms with Crippen LogP contribution in [-0.4, -0.2) is 40.6 Å². The van der Waals surface area contributed by atoms with E-state index in [1.807, 2.05) is 0 Å². The van der Waals surface area contributed by atoms with Gasteiger partial charge >= 0.3 is 0 Å². The molecule has 1 rings (SSSR count). The van der Waals surface area contributed by atoms with E-state index in [0.29, 0.717) is 12.2 Å². The number of aliphatic hydroxyl groups excluding tert-OH is 1. The molecule has 98 valence electrons. The summed E-state index contributed by atoms with van der Waals surface area (Å²) < 4.78 is 0. The number of carbonyl (C=O) groups excluding carboxylic acids is 2. The Morgan fingerprint density at radius 3 is 2.71 bits per heavy atom. The second-order valence-corrected chi connectivity index (χ2v) is 5.40. The van der Waals surface area contributed by atoms with Gasteiger partial charge in [0.25, 0.3) is 0 Å². The van der Waals surface area contributed by atoms with Crippen molar-refractivity contribution in [3.8, 4) is 0 Å². The largest absolute Gasteiger partial charge is 0.391 e. The fourth-order valence-electron chi connectivity index (χ4n) is 1.90. The van der Waals surface area contributed by atoms with Crippen molar-refractivity contribution in [2.45, 2.75) is 44.2 Å². The highest BCUT2D eigenvalue weighted by Gasteiger charge is 2.24. The number of aliphatic hydroxyl groups is 1. The van der Waals surface area contributed by atoms with E-state index >= 15 is 0 Å². The second kappa shape index (κ2) is 7.55. The van der Waals surface area contributed by atoms with E-state index in [2.05, 4.69) is 5.32 Å². The monoisotopic (exact) mass is 260 g/mol. The Hall–Kier alpha value is -0.750. The first-order chi connectivity index (χ1) is 8.09. The number of carbonyl (C=O) groups is 2. The molecule has 0 aliphatic heterocycles. The maximum absolute atomic E-state index is 11.5. The van der Waals surface area contributed by atoms with Crippen LogP contribution in [0.5, 0.6) is 0 Å². The van der Waals surface area contributed by atoms with Crippen molar-refractivity contribution >= 4 is 23.6 Å². The van der Waals surface area contributed by atoms with Gasteiger partial charge in [-0.2, -0.15) is 11.8 Å². The topological polar surface area (TPSA) is 92.4 Å². The average Bonchev–Trinajstić information content (AvgIpc) is 2.27. The number of hydrogen-bond acceptors (Lipinski definition) is 4. The van der Waals surface area contributed by atoms with Crippen LogP contribution in [0.2, 0.25) is 0 Å². The molecule has 17 heavy (non-hydrogen) atoms.